The second-order valence-electron chi connectivity index (χ2n) is 3.21. The lowest BCUT2D eigenvalue weighted by atomic mass is 10.2. The summed E-state index contributed by atoms with van der Waals surface area (Å²) >= 11 is 0. The molecule has 0 saturated heterocycles. The van der Waals surface area contributed by atoms with E-state index in [1.165, 1.54) is 19.1 Å². The molecule has 0 aliphatic heterocycles. The third-order valence-electron chi connectivity index (χ3n) is 1.91. The maximum atomic E-state index is 11.6. The molecule has 1 amide bonds. The van der Waals surface area contributed by atoms with Gasteiger partial charge in [0, 0.05) is 0 Å². The molecule has 16 heavy (non-hydrogen) atoms. The second kappa shape index (κ2) is 4.89. The molecular formula is C10H11NO4S. The quantitative estimate of drug-likeness (QED) is 0.608. The highest BCUT2D eigenvalue weighted by Gasteiger charge is 2.20. The predicted molar refractivity (Wildman–Crippen MR) is 57.0 cm³/mol. The zero-order chi connectivity index (χ0) is 12.2. The zero-order valence-electron chi connectivity index (χ0n) is 8.58. The Morgan fingerprint density at radius 2 is 1.88 bits per heavy atom. The molecule has 0 radical (unpaired) electrons. The summed E-state index contributed by atoms with van der Waals surface area (Å²) in [6.45, 7) is 1.32. The highest BCUT2D eigenvalue weighted by atomic mass is 32.2. The number of hydrogen-bond acceptors (Lipinski definition) is 4. The molecule has 0 aliphatic rings. The Labute approximate surface area is 93.5 Å². The number of hydrogen-bond donors (Lipinski definition) is 1. The van der Waals surface area contributed by atoms with Crippen molar-refractivity contribution >= 4 is 22.2 Å². The van der Waals surface area contributed by atoms with Crippen LogP contribution in [0.3, 0.4) is 0 Å². The highest BCUT2D eigenvalue weighted by Crippen LogP contribution is 2.07. The standard InChI is InChI=1S/C10H11NO4S/c1-8(7-12)10(13)11-16(14,15)9-5-3-2-4-6-9/h2-8H,1H3,(H,11,13). The first kappa shape index (κ1) is 12.4. The minimum absolute atomic E-state index is 0.0125. The summed E-state index contributed by atoms with van der Waals surface area (Å²) < 4.78 is 25.1. The molecule has 1 unspecified atom stereocenters. The molecule has 1 N–H and O–H groups in total. The van der Waals surface area contributed by atoms with Gasteiger partial charge in [0.15, 0.2) is 0 Å². The van der Waals surface area contributed by atoms with Gasteiger partial charge >= 0.3 is 0 Å². The minimum atomic E-state index is -3.87. The van der Waals surface area contributed by atoms with Crippen molar-refractivity contribution in [3.8, 4) is 0 Å². The van der Waals surface area contributed by atoms with E-state index in [-0.39, 0.29) is 4.90 Å². The predicted octanol–water partition coefficient (Wildman–Crippen LogP) is 0.326. The Morgan fingerprint density at radius 1 is 1.31 bits per heavy atom. The molecule has 0 aromatic heterocycles. The van der Waals surface area contributed by atoms with Crippen LogP contribution in [0.4, 0.5) is 0 Å². The van der Waals surface area contributed by atoms with Gasteiger partial charge in [-0.25, -0.2) is 13.1 Å². The first-order chi connectivity index (χ1) is 7.47. The summed E-state index contributed by atoms with van der Waals surface area (Å²) in [6.07, 6.45) is 0.385. The van der Waals surface area contributed by atoms with Crippen LogP contribution in [0, 0.1) is 5.92 Å². The molecule has 5 nitrogen and oxygen atoms in total. The van der Waals surface area contributed by atoms with Crippen LogP contribution >= 0.6 is 0 Å². The Bertz CT molecular complexity index is 481. The lowest BCUT2D eigenvalue weighted by Gasteiger charge is -2.07. The molecule has 0 spiro atoms. The van der Waals surface area contributed by atoms with Crippen LogP contribution in [0.2, 0.25) is 0 Å². The van der Waals surface area contributed by atoms with Crippen molar-refractivity contribution in [2.45, 2.75) is 11.8 Å². The Morgan fingerprint density at radius 3 is 2.38 bits per heavy atom. The van der Waals surface area contributed by atoms with Gasteiger partial charge in [0.1, 0.15) is 6.29 Å². The van der Waals surface area contributed by atoms with Gasteiger partial charge in [-0.2, -0.15) is 0 Å². The molecule has 0 aliphatic carbocycles. The fraction of sp³-hybridized carbons (Fsp3) is 0.200. The maximum absolute atomic E-state index is 11.6. The average molecular weight is 241 g/mol. The van der Waals surface area contributed by atoms with Crippen LogP contribution in [0.1, 0.15) is 6.92 Å². The number of rotatable bonds is 4. The summed E-state index contributed by atoms with van der Waals surface area (Å²) in [6, 6.07) is 7.47. The van der Waals surface area contributed by atoms with Gasteiger partial charge in [-0.3, -0.25) is 4.79 Å². The van der Waals surface area contributed by atoms with E-state index in [4.69, 9.17) is 0 Å². The fourth-order valence-electron chi connectivity index (χ4n) is 0.946. The van der Waals surface area contributed by atoms with Crippen LogP contribution in [0.15, 0.2) is 35.2 Å². The number of benzene rings is 1. The summed E-state index contributed by atoms with van der Waals surface area (Å²) in [4.78, 5) is 21.5. The number of carbonyl (C=O) groups excluding carboxylic acids is 2. The highest BCUT2D eigenvalue weighted by molar-refractivity contribution is 7.90. The molecule has 0 saturated carbocycles. The molecule has 86 valence electrons. The summed E-state index contributed by atoms with van der Waals surface area (Å²) in [5.41, 5.74) is 0. The van der Waals surface area contributed by atoms with Crippen LogP contribution in [0.5, 0.6) is 0 Å². The molecule has 1 aromatic rings. The van der Waals surface area contributed by atoms with Crippen molar-refractivity contribution in [1.82, 2.24) is 4.72 Å². The van der Waals surface area contributed by atoms with E-state index in [0.29, 0.717) is 6.29 Å². The topological polar surface area (TPSA) is 80.3 Å². The fourth-order valence-corrected chi connectivity index (χ4v) is 2.03. The SMILES string of the molecule is CC(C=O)C(=O)NS(=O)(=O)c1ccccc1. The van der Waals surface area contributed by atoms with Gasteiger partial charge in [-0.05, 0) is 19.1 Å². The summed E-state index contributed by atoms with van der Waals surface area (Å²) in [7, 11) is -3.87. The zero-order valence-corrected chi connectivity index (χ0v) is 9.40. The maximum Gasteiger partial charge on any atom is 0.264 e. The molecule has 1 rings (SSSR count). The summed E-state index contributed by atoms with van der Waals surface area (Å²) in [5, 5.41) is 0. The number of amides is 1. The van der Waals surface area contributed by atoms with Gasteiger partial charge < -0.3 is 4.79 Å². The molecular weight excluding hydrogens is 230 g/mol. The Kier molecular flexibility index (Phi) is 3.78. The first-order valence-corrected chi connectivity index (χ1v) is 6.02. The normalized spacial score (nSPS) is 12.8. The minimum Gasteiger partial charge on any atom is -0.303 e. The number of nitrogens with one attached hydrogen (secondary N) is 1. The third kappa shape index (κ3) is 2.90. The lowest BCUT2D eigenvalue weighted by molar-refractivity contribution is -0.126. The van der Waals surface area contributed by atoms with E-state index in [1.807, 2.05) is 4.72 Å². The van der Waals surface area contributed by atoms with Crippen molar-refractivity contribution in [3.63, 3.8) is 0 Å². The van der Waals surface area contributed by atoms with Crippen molar-refractivity contribution in [1.29, 1.82) is 0 Å². The number of aldehydes is 1. The molecule has 1 atom stereocenters. The molecule has 1 aromatic carbocycles. The third-order valence-corrected chi connectivity index (χ3v) is 3.27. The van der Waals surface area contributed by atoms with Crippen molar-refractivity contribution in [2.24, 2.45) is 5.92 Å². The van der Waals surface area contributed by atoms with E-state index in [2.05, 4.69) is 0 Å². The van der Waals surface area contributed by atoms with Gasteiger partial charge in [-0.15, -0.1) is 0 Å². The Hall–Kier alpha value is -1.69. The van der Waals surface area contributed by atoms with E-state index in [1.54, 1.807) is 18.2 Å². The van der Waals surface area contributed by atoms with Gasteiger partial charge in [0.25, 0.3) is 10.0 Å². The molecule has 0 bridgehead atoms. The van der Waals surface area contributed by atoms with E-state index >= 15 is 0 Å². The molecule has 0 heterocycles. The van der Waals surface area contributed by atoms with Crippen LogP contribution < -0.4 is 4.72 Å². The van der Waals surface area contributed by atoms with Crippen LogP contribution in [-0.4, -0.2) is 20.6 Å². The van der Waals surface area contributed by atoms with E-state index < -0.39 is 21.8 Å². The monoisotopic (exact) mass is 241 g/mol. The van der Waals surface area contributed by atoms with Crippen molar-refractivity contribution < 1.29 is 18.0 Å². The van der Waals surface area contributed by atoms with Gasteiger partial charge in [-0.1, -0.05) is 18.2 Å². The number of carbonyl (C=O) groups is 2. The molecule has 6 heteroatoms. The largest absolute Gasteiger partial charge is 0.303 e. The van der Waals surface area contributed by atoms with Crippen molar-refractivity contribution in [2.75, 3.05) is 0 Å². The first-order valence-electron chi connectivity index (χ1n) is 4.54. The van der Waals surface area contributed by atoms with Gasteiger partial charge in [0.2, 0.25) is 5.91 Å². The van der Waals surface area contributed by atoms with Crippen molar-refractivity contribution in [3.05, 3.63) is 30.3 Å². The number of sulfonamides is 1. The molecule has 0 fully saturated rings. The van der Waals surface area contributed by atoms with Gasteiger partial charge in [0.05, 0.1) is 10.8 Å². The smallest absolute Gasteiger partial charge is 0.264 e. The lowest BCUT2D eigenvalue weighted by Crippen LogP contribution is -2.35. The van der Waals surface area contributed by atoms with Crippen LogP contribution in [0.25, 0.3) is 0 Å². The Balaban J connectivity index is 2.90. The second-order valence-corrected chi connectivity index (χ2v) is 4.89. The van der Waals surface area contributed by atoms with Crippen LogP contribution in [-0.2, 0) is 19.6 Å². The van der Waals surface area contributed by atoms with E-state index in [9.17, 15) is 18.0 Å². The summed E-state index contributed by atoms with van der Waals surface area (Å²) in [5.74, 6) is -1.82. The van der Waals surface area contributed by atoms with E-state index in [0.717, 1.165) is 0 Å². The average Bonchev–Trinajstić information content (AvgIpc) is 2.28.